The summed E-state index contributed by atoms with van der Waals surface area (Å²) in [6, 6.07) is 0. The molecule has 0 radical (unpaired) electrons. The molecular weight excluding hydrogens is 318 g/mol. The zero-order valence-corrected chi connectivity index (χ0v) is 13.9. The first-order valence-electron chi connectivity index (χ1n) is 6.49. The van der Waals surface area contributed by atoms with E-state index in [2.05, 4.69) is 4.18 Å². The molecule has 0 aromatic rings. The van der Waals surface area contributed by atoms with Crippen LogP contribution in [0, 0.1) is 0 Å². The van der Waals surface area contributed by atoms with Crippen molar-refractivity contribution < 1.29 is 37.1 Å². The summed E-state index contributed by atoms with van der Waals surface area (Å²) in [6.45, 7) is 5.47. The summed E-state index contributed by atoms with van der Waals surface area (Å²) in [5.74, 6) is -1.49. The number of aliphatic hydroxyl groups excluding tert-OH is 1. The molecule has 1 rings (SSSR count). The summed E-state index contributed by atoms with van der Waals surface area (Å²) >= 11 is 0. The minimum Gasteiger partial charge on any atom is -0.479 e. The Labute approximate surface area is 128 Å². The highest BCUT2D eigenvalue weighted by atomic mass is 32.2. The number of hydrogen-bond donors (Lipinski definition) is 2. The van der Waals surface area contributed by atoms with Gasteiger partial charge in [-0.2, -0.15) is 8.42 Å². The van der Waals surface area contributed by atoms with E-state index in [1.807, 2.05) is 0 Å². The number of carbonyl (C=O) groups excluding carboxylic acids is 1. The average Bonchev–Trinajstić information content (AvgIpc) is 2.51. The maximum Gasteiger partial charge on any atom is 0.411 e. The van der Waals surface area contributed by atoms with Crippen LogP contribution in [0.2, 0.25) is 0 Å². The van der Waals surface area contributed by atoms with Crippen molar-refractivity contribution >= 4 is 22.2 Å². The van der Waals surface area contributed by atoms with E-state index >= 15 is 0 Å². The number of carboxylic acid groups (broad SMARTS) is 1. The number of carboxylic acids is 1. The summed E-state index contributed by atoms with van der Waals surface area (Å²) < 4.78 is 32.2. The molecule has 1 aliphatic rings. The van der Waals surface area contributed by atoms with Gasteiger partial charge >= 0.3 is 12.1 Å². The van der Waals surface area contributed by atoms with Gasteiger partial charge in [0.2, 0.25) is 0 Å². The second-order valence-corrected chi connectivity index (χ2v) is 7.93. The lowest BCUT2D eigenvalue weighted by Gasteiger charge is -2.34. The Balaban J connectivity index is 3.14. The van der Waals surface area contributed by atoms with E-state index < -0.39 is 52.1 Å². The van der Waals surface area contributed by atoms with Crippen LogP contribution >= 0.6 is 0 Å². The van der Waals surface area contributed by atoms with Crippen LogP contribution in [0.15, 0.2) is 0 Å². The van der Waals surface area contributed by atoms with E-state index in [1.54, 1.807) is 20.8 Å². The van der Waals surface area contributed by atoms with Crippen LogP contribution in [0.3, 0.4) is 0 Å². The molecule has 0 aromatic carbocycles. The minimum atomic E-state index is -3.93. The van der Waals surface area contributed by atoms with Gasteiger partial charge in [-0.25, -0.2) is 9.59 Å². The maximum absolute atomic E-state index is 12.2. The van der Waals surface area contributed by atoms with Crippen molar-refractivity contribution in [3.8, 4) is 0 Å². The molecule has 2 unspecified atom stereocenters. The quantitative estimate of drug-likeness (QED) is 0.675. The lowest BCUT2D eigenvalue weighted by Crippen LogP contribution is -2.57. The van der Waals surface area contributed by atoms with Gasteiger partial charge in [-0.3, -0.25) is 9.08 Å². The summed E-state index contributed by atoms with van der Waals surface area (Å²) in [6.07, 6.45) is -3.32. The van der Waals surface area contributed by atoms with Gasteiger partial charge in [0.25, 0.3) is 10.1 Å². The van der Waals surface area contributed by atoms with Crippen molar-refractivity contribution in [2.75, 3.05) is 12.8 Å². The maximum atomic E-state index is 12.2. The van der Waals surface area contributed by atoms with E-state index in [4.69, 9.17) is 4.74 Å². The van der Waals surface area contributed by atoms with Crippen LogP contribution in [0.1, 0.15) is 27.7 Å². The molecule has 10 heteroatoms. The molecule has 0 spiro atoms. The molecule has 22 heavy (non-hydrogen) atoms. The first-order chi connectivity index (χ1) is 9.68. The molecule has 9 nitrogen and oxygen atoms in total. The number of nitrogens with zero attached hydrogens (tertiary/aromatic N) is 1. The number of ether oxygens (including phenoxy) is 1. The van der Waals surface area contributed by atoms with E-state index in [1.165, 1.54) is 0 Å². The minimum absolute atomic E-state index is 0.425. The highest BCUT2D eigenvalue weighted by Gasteiger charge is 2.59. The number of aliphatic hydroxyl groups is 1. The van der Waals surface area contributed by atoms with Gasteiger partial charge in [0.05, 0.1) is 12.8 Å². The van der Waals surface area contributed by atoms with Crippen LogP contribution in [-0.2, 0) is 23.8 Å². The number of rotatable bonds is 3. The number of hydrogen-bond acceptors (Lipinski definition) is 7. The topological polar surface area (TPSA) is 130 Å². The normalized spacial score (nSPS) is 29.5. The average molecular weight is 339 g/mol. The Morgan fingerprint density at radius 3 is 2.18 bits per heavy atom. The monoisotopic (exact) mass is 339 g/mol. The predicted molar refractivity (Wildman–Crippen MR) is 74.7 cm³/mol. The molecule has 1 saturated heterocycles. The van der Waals surface area contributed by atoms with Gasteiger partial charge in [0.15, 0.2) is 5.54 Å². The van der Waals surface area contributed by atoms with Gasteiger partial charge in [0.1, 0.15) is 17.8 Å². The first kappa shape index (κ1) is 18.7. The van der Waals surface area contributed by atoms with E-state index in [9.17, 15) is 28.2 Å². The summed E-state index contributed by atoms with van der Waals surface area (Å²) in [7, 11) is -3.93. The number of carbonyl (C=O) groups is 2. The summed E-state index contributed by atoms with van der Waals surface area (Å²) in [5.41, 5.74) is -2.94. The Morgan fingerprint density at radius 2 is 1.82 bits per heavy atom. The molecule has 1 fully saturated rings. The highest BCUT2D eigenvalue weighted by molar-refractivity contribution is 7.86. The summed E-state index contributed by atoms with van der Waals surface area (Å²) in [4.78, 5) is 24.4. The Kier molecular flexibility index (Phi) is 4.81. The smallest absolute Gasteiger partial charge is 0.411 e. The number of likely N-dealkylation sites (tertiary alicyclic amines) is 1. The van der Waals surface area contributed by atoms with Gasteiger partial charge in [-0.15, -0.1) is 0 Å². The van der Waals surface area contributed by atoms with E-state index in [0.29, 0.717) is 0 Å². The van der Waals surface area contributed by atoms with Gasteiger partial charge in [-0.1, -0.05) is 0 Å². The lowest BCUT2D eigenvalue weighted by molar-refractivity contribution is -0.154. The Morgan fingerprint density at radius 1 is 1.32 bits per heavy atom. The molecule has 1 heterocycles. The third kappa shape index (κ3) is 3.87. The fourth-order valence-corrected chi connectivity index (χ4v) is 2.74. The van der Waals surface area contributed by atoms with Crippen LogP contribution in [0.25, 0.3) is 0 Å². The molecular formula is C12H21NO8S. The number of aliphatic carboxylic acids is 1. The lowest BCUT2D eigenvalue weighted by atomic mass is 9.95. The van der Waals surface area contributed by atoms with Crippen molar-refractivity contribution in [2.24, 2.45) is 0 Å². The zero-order valence-electron chi connectivity index (χ0n) is 13.1. The molecule has 1 aliphatic heterocycles. The molecule has 2 N–H and O–H groups in total. The predicted octanol–water partition coefficient (Wildman–Crippen LogP) is -0.214. The molecule has 1 amide bonds. The number of amides is 1. The van der Waals surface area contributed by atoms with E-state index in [-0.39, 0.29) is 0 Å². The van der Waals surface area contributed by atoms with Gasteiger partial charge in [0, 0.05) is 0 Å². The van der Waals surface area contributed by atoms with E-state index in [0.717, 1.165) is 18.1 Å². The van der Waals surface area contributed by atoms with Crippen molar-refractivity contribution in [1.82, 2.24) is 4.90 Å². The van der Waals surface area contributed by atoms with Crippen molar-refractivity contribution in [3.05, 3.63) is 0 Å². The third-order valence-corrected chi connectivity index (χ3v) is 3.79. The second kappa shape index (κ2) is 5.67. The van der Waals surface area contributed by atoms with Gasteiger partial charge < -0.3 is 14.9 Å². The van der Waals surface area contributed by atoms with Crippen molar-refractivity contribution in [1.29, 1.82) is 0 Å². The Bertz CT molecular complexity index is 566. The van der Waals surface area contributed by atoms with Gasteiger partial charge in [-0.05, 0) is 27.7 Å². The van der Waals surface area contributed by atoms with Crippen LogP contribution in [0.5, 0.6) is 0 Å². The summed E-state index contributed by atoms with van der Waals surface area (Å²) in [5, 5.41) is 19.5. The SMILES string of the molecule is CC(C)(C)OC(=O)N1CC(OS(C)(=O)=O)C(O)[C@]1(C)C(=O)O. The Hall–Kier alpha value is -1.39. The molecule has 0 bridgehead atoms. The third-order valence-electron chi connectivity index (χ3n) is 3.20. The molecule has 3 atom stereocenters. The van der Waals surface area contributed by atoms with Crippen LogP contribution < -0.4 is 0 Å². The van der Waals surface area contributed by atoms with Crippen LogP contribution in [0.4, 0.5) is 4.79 Å². The molecule has 128 valence electrons. The zero-order chi connectivity index (χ0) is 17.5. The fraction of sp³-hybridized carbons (Fsp3) is 0.833. The molecule has 0 aliphatic carbocycles. The molecule has 0 aromatic heterocycles. The standard InChI is InChI=1S/C12H21NO8S/c1-11(2,3)20-10(17)13-6-7(21-22(5,18)19)8(14)12(13,4)9(15)16/h7-8,14H,6H2,1-5H3,(H,15,16)/t7?,8?,12-/m1/s1. The molecule has 0 saturated carbocycles. The van der Waals surface area contributed by atoms with Crippen molar-refractivity contribution in [3.63, 3.8) is 0 Å². The first-order valence-corrected chi connectivity index (χ1v) is 8.30. The fourth-order valence-electron chi connectivity index (χ4n) is 2.12. The largest absolute Gasteiger partial charge is 0.479 e. The highest BCUT2D eigenvalue weighted by Crippen LogP contribution is 2.33. The second-order valence-electron chi connectivity index (χ2n) is 6.33. The van der Waals surface area contributed by atoms with Crippen molar-refractivity contribution in [2.45, 2.75) is 51.0 Å². The van der Waals surface area contributed by atoms with Crippen LogP contribution in [-0.4, -0.2) is 71.7 Å².